The molecule has 0 atom stereocenters. The number of ether oxygens (including phenoxy) is 1. The Kier molecular flexibility index (Phi) is 6.39. The van der Waals surface area contributed by atoms with Gasteiger partial charge in [-0.3, -0.25) is 14.2 Å². The van der Waals surface area contributed by atoms with Gasteiger partial charge in [-0.2, -0.15) is 0 Å². The Labute approximate surface area is 188 Å². The van der Waals surface area contributed by atoms with Crippen LogP contribution in [0.2, 0.25) is 5.02 Å². The lowest BCUT2D eigenvalue weighted by molar-refractivity contribution is 0.102. The molecule has 0 fully saturated rings. The van der Waals surface area contributed by atoms with Gasteiger partial charge in [0.05, 0.1) is 29.0 Å². The van der Waals surface area contributed by atoms with Crippen molar-refractivity contribution in [3.8, 4) is 11.4 Å². The van der Waals surface area contributed by atoms with Gasteiger partial charge in [0.25, 0.3) is 5.56 Å². The molecule has 0 aliphatic rings. The number of hydrogen-bond acceptors (Lipinski definition) is 5. The van der Waals surface area contributed by atoms with Gasteiger partial charge in [-0.1, -0.05) is 35.5 Å². The summed E-state index contributed by atoms with van der Waals surface area (Å²) in [5, 5.41) is 1.55. The lowest BCUT2D eigenvalue weighted by Crippen LogP contribution is -2.22. The van der Waals surface area contributed by atoms with E-state index in [1.165, 1.54) is 16.3 Å². The van der Waals surface area contributed by atoms with Gasteiger partial charge in [0.15, 0.2) is 10.9 Å². The molecule has 0 spiro atoms. The second-order valence-corrected chi connectivity index (χ2v) is 8.08. The Hall–Kier alpha value is -3.09. The van der Waals surface area contributed by atoms with Crippen LogP contribution in [0.25, 0.3) is 16.6 Å². The number of hydrogen-bond donors (Lipinski definition) is 0. The average molecular weight is 451 g/mol. The van der Waals surface area contributed by atoms with Crippen molar-refractivity contribution in [3.05, 3.63) is 93.7 Å². The van der Waals surface area contributed by atoms with Crippen LogP contribution in [0.5, 0.6) is 5.75 Å². The summed E-state index contributed by atoms with van der Waals surface area (Å²) >= 11 is 7.14. The van der Waals surface area contributed by atoms with Gasteiger partial charge in [0.2, 0.25) is 0 Å². The lowest BCUT2D eigenvalue weighted by Gasteiger charge is -2.13. The van der Waals surface area contributed by atoms with Crippen molar-refractivity contribution >= 4 is 40.0 Å². The van der Waals surface area contributed by atoms with Crippen LogP contribution < -0.4 is 10.3 Å². The number of thioether (sulfide) groups is 1. The van der Waals surface area contributed by atoms with Crippen LogP contribution in [0.3, 0.4) is 0 Å². The number of carbonyl (C=O) groups excluding carboxylic acids is 1. The number of fused-ring (bicyclic) bond motifs is 1. The third-order valence-electron chi connectivity index (χ3n) is 4.65. The molecule has 156 valence electrons. The molecule has 0 aliphatic carbocycles. The monoisotopic (exact) mass is 450 g/mol. The molecule has 1 heterocycles. The number of benzene rings is 3. The molecular weight excluding hydrogens is 432 g/mol. The molecular formula is C24H19ClN2O3S. The molecule has 0 N–H and O–H groups in total. The maximum atomic E-state index is 13.3. The van der Waals surface area contributed by atoms with Crippen LogP contribution in [0.15, 0.2) is 82.7 Å². The molecule has 0 amide bonds. The van der Waals surface area contributed by atoms with E-state index in [2.05, 4.69) is 4.98 Å². The molecule has 3 aromatic carbocycles. The van der Waals surface area contributed by atoms with Gasteiger partial charge in [-0.25, -0.2) is 4.98 Å². The zero-order valence-electron chi connectivity index (χ0n) is 16.7. The minimum atomic E-state index is -0.184. The summed E-state index contributed by atoms with van der Waals surface area (Å²) in [6.45, 7) is 2.48. The third kappa shape index (κ3) is 4.65. The summed E-state index contributed by atoms with van der Waals surface area (Å²) in [6, 6.07) is 21.2. The van der Waals surface area contributed by atoms with Gasteiger partial charge < -0.3 is 4.74 Å². The van der Waals surface area contributed by atoms with Gasteiger partial charge in [-0.05, 0) is 67.6 Å². The molecule has 0 saturated carbocycles. The first-order valence-electron chi connectivity index (χ1n) is 9.73. The number of rotatable bonds is 7. The first-order valence-corrected chi connectivity index (χ1v) is 11.1. The van der Waals surface area contributed by atoms with Crippen molar-refractivity contribution in [3.63, 3.8) is 0 Å². The van der Waals surface area contributed by atoms with Crippen LogP contribution in [0.4, 0.5) is 0 Å². The molecule has 1 aromatic heterocycles. The molecule has 5 nitrogen and oxygen atoms in total. The highest BCUT2D eigenvalue weighted by atomic mass is 35.5. The van der Waals surface area contributed by atoms with Crippen molar-refractivity contribution in [2.45, 2.75) is 12.1 Å². The van der Waals surface area contributed by atoms with E-state index >= 15 is 0 Å². The van der Waals surface area contributed by atoms with E-state index in [0.29, 0.717) is 38.9 Å². The van der Waals surface area contributed by atoms with E-state index in [1.54, 1.807) is 36.4 Å². The van der Waals surface area contributed by atoms with E-state index in [-0.39, 0.29) is 17.1 Å². The van der Waals surface area contributed by atoms with E-state index < -0.39 is 0 Å². The van der Waals surface area contributed by atoms with Crippen LogP contribution in [0, 0.1) is 0 Å². The fraction of sp³-hybridized carbons (Fsp3) is 0.125. The van der Waals surface area contributed by atoms with Crippen LogP contribution in [-0.2, 0) is 0 Å². The number of para-hydroxylation sites is 1. The standard InChI is InChI=1S/C24H19ClN2O3S/c1-2-30-19-13-11-18(12-14-19)27-23(29)20-5-3-4-6-21(20)26-24(27)31-15-22(28)16-7-9-17(25)10-8-16/h3-14H,2,15H2,1H3. The molecule has 31 heavy (non-hydrogen) atoms. The fourth-order valence-corrected chi connectivity index (χ4v) is 4.18. The summed E-state index contributed by atoms with van der Waals surface area (Å²) in [5.41, 5.74) is 1.63. The quantitative estimate of drug-likeness (QED) is 0.214. The predicted octanol–water partition coefficient (Wildman–Crippen LogP) is 5.41. The second-order valence-electron chi connectivity index (χ2n) is 6.70. The first kappa shape index (κ1) is 21.2. The van der Waals surface area contributed by atoms with Crippen molar-refractivity contribution in [1.82, 2.24) is 9.55 Å². The molecule has 4 aromatic rings. The molecule has 0 bridgehead atoms. The Balaban J connectivity index is 1.72. The van der Waals surface area contributed by atoms with E-state index in [9.17, 15) is 9.59 Å². The summed E-state index contributed by atoms with van der Waals surface area (Å²) in [5.74, 6) is 0.797. The first-order chi connectivity index (χ1) is 15.1. The van der Waals surface area contributed by atoms with E-state index in [0.717, 1.165) is 5.75 Å². The number of Topliss-reactive ketones (excluding diaryl/α,β-unsaturated/α-hetero) is 1. The van der Waals surface area contributed by atoms with Crippen LogP contribution in [0.1, 0.15) is 17.3 Å². The molecule has 0 unspecified atom stereocenters. The highest BCUT2D eigenvalue weighted by Gasteiger charge is 2.15. The number of nitrogens with zero attached hydrogens (tertiary/aromatic N) is 2. The second kappa shape index (κ2) is 9.37. The van der Waals surface area contributed by atoms with E-state index in [4.69, 9.17) is 16.3 Å². The van der Waals surface area contributed by atoms with Crippen LogP contribution >= 0.6 is 23.4 Å². The molecule has 0 saturated heterocycles. The van der Waals surface area contributed by atoms with Gasteiger partial charge in [0.1, 0.15) is 5.75 Å². The molecule has 7 heteroatoms. The van der Waals surface area contributed by atoms with Crippen molar-refractivity contribution in [1.29, 1.82) is 0 Å². The van der Waals surface area contributed by atoms with Gasteiger partial charge in [-0.15, -0.1) is 0 Å². The maximum absolute atomic E-state index is 13.3. The average Bonchev–Trinajstić information content (AvgIpc) is 2.79. The molecule has 4 rings (SSSR count). The highest BCUT2D eigenvalue weighted by Crippen LogP contribution is 2.24. The third-order valence-corrected chi connectivity index (χ3v) is 5.84. The Morgan fingerprint density at radius 3 is 2.45 bits per heavy atom. The summed E-state index contributed by atoms with van der Waals surface area (Å²) in [7, 11) is 0. The number of aromatic nitrogens is 2. The lowest BCUT2D eigenvalue weighted by atomic mass is 10.1. The SMILES string of the molecule is CCOc1ccc(-n2c(SCC(=O)c3ccc(Cl)cc3)nc3ccccc3c2=O)cc1. The minimum Gasteiger partial charge on any atom is -0.494 e. The van der Waals surface area contributed by atoms with Crippen molar-refractivity contribution in [2.24, 2.45) is 0 Å². The molecule has 0 radical (unpaired) electrons. The zero-order valence-corrected chi connectivity index (χ0v) is 18.3. The van der Waals surface area contributed by atoms with Crippen molar-refractivity contribution in [2.75, 3.05) is 12.4 Å². The highest BCUT2D eigenvalue weighted by molar-refractivity contribution is 7.99. The van der Waals surface area contributed by atoms with Gasteiger partial charge >= 0.3 is 0 Å². The Morgan fingerprint density at radius 2 is 1.74 bits per heavy atom. The normalized spacial score (nSPS) is 10.9. The fourth-order valence-electron chi connectivity index (χ4n) is 3.14. The Morgan fingerprint density at radius 1 is 1.03 bits per heavy atom. The van der Waals surface area contributed by atoms with Crippen molar-refractivity contribution < 1.29 is 9.53 Å². The summed E-state index contributed by atoms with van der Waals surface area (Å²) < 4.78 is 7.04. The van der Waals surface area contributed by atoms with Gasteiger partial charge in [0, 0.05) is 10.6 Å². The maximum Gasteiger partial charge on any atom is 0.266 e. The molecule has 0 aliphatic heterocycles. The number of halogens is 1. The number of ketones is 1. The number of carbonyl (C=O) groups is 1. The smallest absolute Gasteiger partial charge is 0.266 e. The predicted molar refractivity (Wildman–Crippen MR) is 125 cm³/mol. The Bertz CT molecular complexity index is 1290. The topological polar surface area (TPSA) is 61.2 Å². The van der Waals surface area contributed by atoms with E-state index in [1.807, 2.05) is 43.3 Å². The summed E-state index contributed by atoms with van der Waals surface area (Å²) in [4.78, 5) is 30.6. The minimum absolute atomic E-state index is 0.0673. The zero-order chi connectivity index (χ0) is 21.8. The summed E-state index contributed by atoms with van der Waals surface area (Å²) in [6.07, 6.45) is 0. The van der Waals surface area contributed by atoms with Crippen LogP contribution in [-0.4, -0.2) is 27.7 Å². The largest absolute Gasteiger partial charge is 0.494 e.